The lowest BCUT2D eigenvalue weighted by atomic mass is 10.1. The van der Waals surface area contributed by atoms with Crippen LogP contribution in [0, 0.1) is 6.92 Å². The molecule has 1 aromatic heterocycles. The first-order valence-electron chi connectivity index (χ1n) is 9.08. The molecular formula is C20H27NO4. The second-order valence-electron chi connectivity index (χ2n) is 6.53. The number of aryl methyl sites for hydroxylation is 1. The number of fused-ring (bicyclic) bond motifs is 1. The van der Waals surface area contributed by atoms with E-state index < -0.39 is 5.63 Å². The van der Waals surface area contributed by atoms with Gasteiger partial charge in [0.25, 0.3) is 0 Å². The van der Waals surface area contributed by atoms with Crippen LogP contribution in [0.4, 0.5) is 5.69 Å². The zero-order chi connectivity index (χ0) is 18.2. The number of phenolic OH excluding ortho intramolecular Hbond substituents is 1. The number of anilines is 1. The first kappa shape index (κ1) is 19.0. The Morgan fingerprint density at radius 3 is 2.48 bits per heavy atom. The molecule has 0 unspecified atom stereocenters. The summed E-state index contributed by atoms with van der Waals surface area (Å²) in [6, 6.07) is 4.40. The van der Waals surface area contributed by atoms with Gasteiger partial charge in [-0.25, -0.2) is 4.79 Å². The summed E-state index contributed by atoms with van der Waals surface area (Å²) in [6.45, 7) is 3.99. The predicted octanol–water partition coefficient (Wildman–Crippen LogP) is 4.89. The van der Waals surface area contributed by atoms with Crippen molar-refractivity contribution in [1.29, 1.82) is 0 Å². The van der Waals surface area contributed by atoms with E-state index in [1.54, 1.807) is 13.0 Å². The summed E-state index contributed by atoms with van der Waals surface area (Å²) in [4.78, 5) is 23.5. The number of nitrogens with one attached hydrogen (secondary N) is 1. The maximum Gasteiger partial charge on any atom is 0.336 e. The van der Waals surface area contributed by atoms with E-state index in [-0.39, 0.29) is 11.7 Å². The van der Waals surface area contributed by atoms with Crippen LogP contribution in [-0.2, 0) is 4.79 Å². The lowest BCUT2D eigenvalue weighted by Crippen LogP contribution is -2.11. The van der Waals surface area contributed by atoms with Crippen LogP contribution in [0.15, 0.2) is 27.4 Å². The van der Waals surface area contributed by atoms with E-state index in [0.717, 1.165) is 24.8 Å². The van der Waals surface area contributed by atoms with Crippen LogP contribution in [0.2, 0.25) is 0 Å². The molecule has 1 heterocycles. The van der Waals surface area contributed by atoms with Crippen molar-refractivity contribution >= 4 is 22.6 Å². The van der Waals surface area contributed by atoms with Crippen molar-refractivity contribution in [3.8, 4) is 5.75 Å². The van der Waals surface area contributed by atoms with Gasteiger partial charge in [0.2, 0.25) is 5.91 Å². The second-order valence-corrected chi connectivity index (χ2v) is 6.53. The van der Waals surface area contributed by atoms with Gasteiger partial charge in [0.05, 0.1) is 5.69 Å². The molecule has 2 N–H and O–H groups in total. The monoisotopic (exact) mass is 345 g/mol. The minimum atomic E-state index is -0.458. The normalized spacial score (nSPS) is 11.0. The van der Waals surface area contributed by atoms with E-state index >= 15 is 0 Å². The molecular weight excluding hydrogens is 318 g/mol. The maximum atomic E-state index is 12.1. The molecule has 1 amide bonds. The molecule has 0 aliphatic heterocycles. The van der Waals surface area contributed by atoms with Crippen molar-refractivity contribution < 1.29 is 14.3 Å². The highest BCUT2D eigenvalue weighted by atomic mass is 16.4. The minimum absolute atomic E-state index is 0.103. The number of phenols is 1. The van der Waals surface area contributed by atoms with Gasteiger partial charge >= 0.3 is 5.63 Å². The minimum Gasteiger partial charge on any atom is -0.506 e. The van der Waals surface area contributed by atoms with Crippen LogP contribution >= 0.6 is 0 Å². The summed E-state index contributed by atoms with van der Waals surface area (Å²) in [6.07, 6.45) is 8.50. The fourth-order valence-electron chi connectivity index (χ4n) is 2.91. The largest absolute Gasteiger partial charge is 0.506 e. The van der Waals surface area contributed by atoms with Gasteiger partial charge in [0.1, 0.15) is 11.3 Å². The molecule has 25 heavy (non-hydrogen) atoms. The molecule has 1 aromatic carbocycles. The van der Waals surface area contributed by atoms with Crippen molar-refractivity contribution in [2.45, 2.75) is 65.2 Å². The molecule has 2 rings (SSSR count). The Labute approximate surface area is 148 Å². The summed E-state index contributed by atoms with van der Waals surface area (Å²) in [5, 5.41) is 13.5. The third-order valence-corrected chi connectivity index (χ3v) is 4.35. The molecule has 0 aliphatic carbocycles. The third-order valence-electron chi connectivity index (χ3n) is 4.35. The van der Waals surface area contributed by atoms with E-state index in [1.165, 1.54) is 37.8 Å². The summed E-state index contributed by atoms with van der Waals surface area (Å²) >= 11 is 0. The Balaban J connectivity index is 1.90. The average Bonchev–Trinajstić information content (AvgIpc) is 2.55. The van der Waals surface area contributed by atoms with Crippen LogP contribution < -0.4 is 10.9 Å². The molecule has 0 radical (unpaired) electrons. The molecule has 0 fully saturated rings. The van der Waals surface area contributed by atoms with Crippen LogP contribution in [0.1, 0.15) is 63.9 Å². The van der Waals surface area contributed by atoms with Crippen LogP contribution in [0.3, 0.4) is 0 Å². The molecule has 0 atom stereocenters. The van der Waals surface area contributed by atoms with E-state index in [0.29, 0.717) is 23.1 Å². The number of hydrogen-bond donors (Lipinski definition) is 2. The van der Waals surface area contributed by atoms with E-state index in [2.05, 4.69) is 12.2 Å². The van der Waals surface area contributed by atoms with Gasteiger partial charge in [0, 0.05) is 23.9 Å². The van der Waals surface area contributed by atoms with Crippen molar-refractivity contribution in [2.75, 3.05) is 5.32 Å². The highest BCUT2D eigenvalue weighted by Gasteiger charge is 2.11. The van der Waals surface area contributed by atoms with Gasteiger partial charge in [-0.1, -0.05) is 45.4 Å². The fourth-order valence-corrected chi connectivity index (χ4v) is 2.91. The van der Waals surface area contributed by atoms with Gasteiger partial charge in [-0.05, 0) is 25.0 Å². The second kappa shape index (κ2) is 9.25. The molecule has 0 aliphatic rings. The average molecular weight is 345 g/mol. The first-order chi connectivity index (χ1) is 12.0. The molecule has 0 saturated carbocycles. The zero-order valence-electron chi connectivity index (χ0n) is 15.1. The number of hydrogen-bond acceptors (Lipinski definition) is 4. The number of benzene rings is 1. The van der Waals surface area contributed by atoms with Crippen molar-refractivity contribution in [3.05, 3.63) is 34.2 Å². The number of rotatable bonds is 9. The molecule has 5 nitrogen and oxygen atoms in total. The molecule has 5 heteroatoms. The Hall–Kier alpha value is -2.30. The highest BCUT2D eigenvalue weighted by molar-refractivity contribution is 5.96. The van der Waals surface area contributed by atoms with E-state index in [4.69, 9.17) is 4.42 Å². The van der Waals surface area contributed by atoms with E-state index in [9.17, 15) is 14.7 Å². The highest BCUT2D eigenvalue weighted by Crippen LogP contribution is 2.30. The fraction of sp³-hybridized carbons (Fsp3) is 0.500. The standard InChI is InChI=1S/C20H27NO4/c1-3-4-5-6-7-8-9-10-19(23)21-16-12-15-14(2)11-20(24)25-18(15)13-17(16)22/h11-13,22H,3-10H2,1-2H3,(H,21,23). The van der Waals surface area contributed by atoms with Crippen LogP contribution in [0.5, 0.6) is 5.75 Å². The Bertz CT molecular complexity index is 779. The Kier molecular flexibility index (Phi) is 7.04. The van der Waals surface area contributed by atoms with Crippen molar-refractivity contribution in [3.63, 3.8) is 0 Å². The lowest BCUT2D eigenvalue weighted by molar-refractivity contribution is -0.116. The summed E-state index contributed by atoms with van der Waals surface area (Å²) < 4.78 is 5.07. The molecule has 2 aromatic rings. The number of carbonyl (C=O) groups excluding carboxylic acids is 1. The number of amides is 1. The van der Waals surface area contributed by atoms with E-state index in [1.807, 2.05) is 0 Å². The van der Waals surface area contributed by atoms with Crippen LogP contribution in [-0.4, -0.2) is 11.0 Å². The number of unbranched alkanes of at least 4 members (excludes halogenated alkanes) is 6. The number of aromatic hydroxyl groups is 1. The molecule has 0 saturated heterocycles. The smallest absolute Gasteiger partial charge is 0.336 e. The van der Waals surface area contributed by atoms with Gasteiger partial charge in [-0.2, -0.15) is 0 Å². The molecule has 136 valence electrons. The topological polar surface area (TPSA) is 79.5 Å². The quantitative estimate of drug-likeness (QED) is 0.385. The Morgan fingerprint density at radius 2 is 1.76 bits per heavy atom. The predicted molar refractivity (Wildman–Crippen MR) is 100 cm³/mol. The summed E-state index contributed by atoms with van der Waals surface area (Å²) in [5.41, 5.74) is 0.943. The first-order valence-corrected chi connectivity index (χ1v) is 9.08. The zero-order valence-corrected chi connectivity index (χ0v) is 15.1. The van der Waals surface area contributed by atoms with Crippen molar-refractivity contribution in [1.82, 2.24) is 0 Å². The Morgan fingerprint density at radius 1 is 1.08 bits per heavy atom. The van der Waals surface area contributed by atoms with Gasteiger partial charge in [-0.3, -0.25) is 4.79 Å². The molecule has 0 spiro atoms. The van der Waals surface area contributed by atoms with Gasteiger partial charge in [-0.15, -0.1) is 0 Å². The van der Waals surface area contributed by atoms with Gasteiger partial charge in [0.15, 0.2) is 0 Å². The maximum absolute atomic E-state index is 12.1. The number of carbonyl (C=O) groups is 1. The molecule has 0 bridgehead atoms. The SMILES string of the molecule is CCCCCCCCCC(=O)Nc1cc2c(C)cc(=O)oc2cc1O. The third kappa shape index (κ3) is 5.62. The van der Waals surface area contributed by atoms with Crippen LogP contribution in [0.25, 0.3) is 11.0 Å². The van der Waals surface area contributed by atoms with Crippen molar-refractivity contribution in [2.24, 2.45) is 0 Å². The van der Waals surface area contributed by atoms with Gasteiger partial charge < -0.3 is 14.8 Å². The summed E-state index contributed by atoms with van der Waals surface area (Å²) in [5.74, 6) is -0.215. The summed E-state index contributed by atoms with van der Waals surface area (Å²) in [7, 11) is 0. The lowest BCUT2D eigenvalue weighted by Gasteiger charge is -2.09.